The Hall–Kier alpha value is -3.40. The van der Waals surface area contributed by atoms with E-state index in [1.807, 2.05) is 24.3 Å². The average molecular weight is 473 g/mol. The lowest BCUT2D eigenvalue weighted by atomic mass is 9.88. The van der Waals surface area contributed by atoms with Crippen LogP contribution in [0.1, 0.15) is 23.7 Å². The summed E-state index contributed by atoms with van der Waals surface area (Å²) in [5.74, 6) is -2.20. The summed E-state index contributed by atoms with van der Waals surface area (Å²) in [6.45, 7) is 3.55. The van der Waals surface area contributed by atoms with Crippen LogP contribution in [-0.4, -0.2) is 67.4 Å². The second kappa shape index (κ2) is 8.51. The maximum atomic E-state index is 13.0. The van der Waals surface area contributed by atoms with Gasteiger partial charge in [0.2, 0.25) is 5.91 Å². The number of esters is 2. The molecule has 0 radical (unpaired) electrons. The summed E-state index contributed by atoms with van der Waals surface area (Å²) in [5.41, 5.74) is 2.25. The van der Waals surface area contributed by atoms with E-state index in [-0.39, 0.29) is 24.2 Å². The maximum absolute atomic E-state index is 13.0. The Morgan fingerprint density at radius 2 is 1.94 bits per heavy atom. The Labute approximate surface area is 191 Å². The van der Waals surface area contributed by atoms with Crippen molar-refractivity contribution in [1.82, 2.24) is 9.88 Å². The molecule has 33 heavy (non-hydrogen) atoms. The van der Waals surface area contributed by atoms with Gasteiger partial charge in [0.15, 0.2) is 9.84 Å². The first-order valence-corrected chi connectivity index (χ1v) is 12.1. The molecule has 1 N–H and O–H groups in total. The summed E-state index contributed by atoms with van der Waals surface area (Å²) < 4.78 is 35.5. The summed E-state index contributed by atoms with van der Waals surface area (Å²) in [4.78, 5) is 42.6. The van der Waals surface area contributed by atoms with E-state index in [1.54, 1.807) is 0 Å². The molecule has 174 valence electrons. The quantitative estimate of drug-likeness (QED) is 0.518. The molecule has 1 unspecified atom stereocenters. The number of benzene rings is 1. The Bertz CT molecular complexity index is 1290. The highest BCUT2D eigenvalue weighted by molar-refractivity contribution is 7.92. The van der Waals surface area contributed by atoms with Crippen molar-refractivity contribution in [1.29, 1.82) is 0 Å². The Morgan fingerprint density at radius 3 is 2.61 bits per heavy atom. The van der Waals surface area contributed by atoms with Gasteiger partial charge < -0.3 is 19.4 Å². The standard InChI is InChI=1S/C23H24N2O7S/c1-4-20(26)25-17(12-19-14(22(27)31-2)9-10-33(19,29)30)21-15(11-18(25)23(28)32-3)13-7-5-6-8-16(13)24-21/h4-9,17-19,24H,1,10-12H2,2-3H3/t17-,18-,19?/m1/s1. The minimum atomic E-state index is -3.71. The van der Waals surface area contributed by atoms with E-state index in [1.165, 1.54) is 25.2 Å². The number of nitrogens with one attached hydrogen (secondary N) is 1. The number of carbonyl (C=O) groups is 3. The molecule has 2 aliphatic heterocycles. The fourth-order valence-corrected chi connectivity index (χ4v) is 6.51. The predicted molar refractivity (Wildman–Crippen MR) is 120 cm³/mol. The van der Waals surface area contributed by atoms with Gasteiger partial charge in [-0.3, -0.25) is 4.79 Å². The van der Waals surface area contributed by atoms with Crippen molar-refractivity contribution < 1.29 is 32.3 Å². The van der Waals surface area contributed by atoms with E-state index >= 15 is 0 Å². The number of fused-ring (bicyclic) bond motifs is 3. The number of hydrogen-bond acceptors (Lipinski definition) is 7. The molecule has 3 heterocycles. The second-order valence-corrected chi connectivity index (χ2v) is 10.2. The highest BCUT2D eigenvalue weighted by Gasteiger charge is 2.47. The Morgan fingerprint density at radius 1 is 1.21 bits per heavy atom. The minimum absolute atomic E-state index is 0.0290. The number of rotatable bonds is 5. The van der Waals surface area contributed by atoms with E-state index in [4.69, 9.17) is 9.47 Å². The Balaban J connectivity index is 1.90. The fourth-order valence-electron chi connectivity index (χ4n) is 4.81. The Kier molecular flexibility index (Phi) is 5.87. The van der Waals surface area contributed by atoms with Crippen molar-refractivity contribution in [2.24, 2.45) is 0 Å². The van der Waals surface area contributed by atoms with Crippen molar-refractivity contribution >= 4 is 38.6 Å². The summed E-state index contributed by atoms with van der Waals surface area (Å²) >= 11 is 0. The molecule has 10 heteroatoms. The molecule has 4 rings (SSSR count). The molecule has 0 bridgehead atoms. The largest absolute Gasteiger partial charge is 0.467 e. The molecule has 3 atom stereocenters. The first-order valence-electron chi connectivity index (χ1n) is 10.4. The predicted octanol–water partition coefficient (Wildman–Crippen LogP) is 1.61. The topological polar surface area (TPSA) is 123 Å². The molecular formula is C23H24N2O7S. The molecule has 1 aromatic heterocycles. The number of aromatic nitrogens is 1. The fraction of sp³-hybridized carbons (Fsp3) is 0.348. The summed E-state index contributed by atoms with van der Waals surface area (Å²) in [6.07, 6.45) is 2.49. The van der Waals surface area contributed by atoms with Gasteiger partial charge in [0.1, 0.15) is 6.04 Å². The van der Waals surface area contributed by atoms with Crippen molar-refractivity contribution in [3.05, 3.63) is 59.8 Å². The van der Waals surface area contributed by atoms with Crippen LogP contribution in [0.3, 0.4) is 0 Å². The van der Waals surface area contributed by atoms with Crippen LogP contribution in [0.4, 0.5) is 0 Å². The highest BCUT2D eigenvalue weighted by atomic mass is 32.2. The van der Waals surface area contributed by atoms with E-state index in [9.17, 15) is 22.8 Å². The number of hydrogen-bond donors (Lipinski definition) is 1. The molecule has 2 aromatic rings. The number of amides is 1. The van der Waals surface area contributed by atoms with Gasteiger partial charge in [0.05, 0.1) is 36.8 Å². The first kappa shape index (κ1) is 22.8. The zero-order valence-corrected chi connectivity index (χ0v) is 19.1. The number of carbonyl (C=O) groups excluding carboxylic acids is 3. The minimum Gasteiger partial charge on any atom is -0.467 e. The maximum Gasteiger partial charge on any atom is 0.334 e. The van der Waals surface area contributed by atoms with Crippen LogP contribution in [0, 0.1) is 0 Å². The summed E-state index contributed by atoms with van der Waals surface area (Å²) in [5, 5.41) is -0.319. The third-order valence-corrected chi connectivity index (χ3v) is 8.27. The van der Waals surface area contributed by atoms with Gasteiger partial charge in [-0.2, -0.15) is 0 Å². The number of nitrogens with zero attached hydrogens (tertiary/aromatic N) is 1. The molecule has 0 aliphatic carbocycles. The zero-order chi connectivity index (χ0) is 23.9. The summed E-state index contributed by atoms with van der Waals surface area (Å²) in [6, 6.07) is 5.65. The average Bonchev–Trinajstić information content (AvgIpc) is 3.34. The van der Waals surface area contributed by atoms with Crippen LogP contribution in [0.25, 0.3) is 10.9 Å². The van der Waals surface area contributed by atoms with Gasteiger partial charge >= 0.3 is 11.9 Å². The van der Waals surface area contributed by atoms with Crippen molar-refractivity contribution in [2.45, 2.75) is 30.2 Å². The van der Waals surface area contributed by atoms with Crippen LogP contribution in [0.15, 0.2) is 48.6 Å². The van der Waals surface area contributed by atoms with Crippen LogP contribution in [0.2, 0.25) is 0 Å². The van der Waals surface area contributed by atoms with Crippen molar-refractivity contribution in [3.8, 4) is 0 Å². The molecule has 0 saturated heterocycles. The third kappa shape index (κ3) is 3.74. The molecule has 2 aliphatic rings. The molecule has 0 spiro atoms. The monoisotopic (exact) mass is 472 g/mol. The molecule has 1 amide bonds. The lowest BCUT2D eigenvalue weighted by Gasteiger charge is -2.41. The first-order chi connectivity index (χ1) is 15.7. The highest BCUT2D eigenvalue weighted by Crippen LogP contribution is 2.42. The number of aromatic amines is 1. The van der Waals surface area contributed by atoms with Gasteiger partial charge in [-0.1, -0.05) is 30.9 Å². The number of ether oxygens (including phenoxy) is 2. The number of methoxy groups -OCH3 is 2. The normalized spacial score (nSPS) is 23.5. The van der Waals surface area contributed by atoms with Gasteiger partial charge in [-0.25, -0.2) is 18.0 Å². The number of H-pyrrole nitrogens is 1. The molecule has 0 fully saturated rings. The molecular weight excluding hydrogens is 448 g/mol. The van der Waals surface area contributed by atoms with E-state index in [2.05, 4.69) is 11.6 Å². The van der Waals surface area contributed by atoms with Crippen molar-refractivity contribution in [3.63, 3.8) is 0 Å². The van der Waals surface area contributed by atoms with Crippen molar-refractivity contribution in [2.75, 3.05) is 20.0 Å². The summed E-state index contributed by atoms with van der Waals surface area (Å²) in [7, 11) is -1.29. The SMILES string of the molecule is C=CC(=O)N1[C@@H](C(=O)OC)Cc2c([nH]c3ccccc23)[C@H]1CC1C(C(=O)OC)=CCS1(=O)=O. The number of para-hydroxylation sites is 1. The van der Waals surface area contributed by atoms with Gasteiger partial charge in [-0.05, 0) is 24.1 Å². The number of sulfone groups is 1. The zero-order valence-electron chi connectivity index (χ0n) is 18.2. The second-order valence-electron chi connectivity index (χ2n) is 7.98. The van der Waals surface area contributed by atoms with Crippen LogP contribution >= 0.6 is 0 Å². The lowest BCUT2D eigenvalue weighted by molar-refractivity contribution is -0.154. The molecule has 1 aromatic carbocycles. The van der Waals surface area contributed by atoms with E-state index in [0.717, 1.165) is 22.5 Å². The van der Waals surface area contributed by atoms with Crippen LogP contribution in [-0.2, 0) is 40.1 Å². The van der Waals surface area contributed by atoms with Gasteiger partial charge in [-0.15, -0.1) is 0 Å². The van der Waals surface area contributed by atoms with E-state index < -0.39 is 45.0 Å². The third-order valence-electron chi connectivity index (χ3n) is 6.33. The van der Waals surface area contributed by atoms with Gasteiger partial charge in [0, 0.05) is 23.0 Å². The molecule has 0 saturated carbocycles. The molecule has 9 nitrogen and oxygen atoms in total. The van der Waals surface area contributed by atoms with Gasteiger partial charge in [0.25, 0.3) is 0 Å². The van der Waals surface area contributed by atoms with Crippen LogP contribution < -0.4 is 0 Å². The lowest BCUT2D eigenvalue weighted by Crippen LogP contribution is -2.52. The van der Waals surface area contributed by atoms with E-state index in [0.29, 0.717) is 5.69 Å². The van der Waals surface area contributed by atoms with Crippen LogP contribution in [0.5, 0.6) is 0 Å². The smallest absolute Gasteiger partial charge is 0.334 e.